The van der Waals surface area contributed by atoms with Crippen molar-refractivity contribution in [3.63, 3.8) is 0 Å². The van der Waals surface area contributed by atoms with Crippen molar-refractivity contribution in [2.24, 2.45) is 0 Å². The van der Waals surface area contributed by atoms with Crippen LogP contribution in [0.15, 0.2) is 121 Å². The first-order valence-electron chi connectivity index (χ1n) is 15.1. The zero-order valence-corrected chi connectivity index (χ0v) is 27.7. The molecule has 0 N–H and O–H groups in total. The van der Waals surface area contributed by atoms with E-state index in [1.807, 2.05) is 13.8 Å². The fourth-order valence-corrected chi connectivity index (χ4v) is 7.18. The molecular weight excluding hydrogens is 637 g/mol. The predicted octanol–water partition coefficient (Wildman–Crippen LogP) is 7.35. The highest BCUT2D eigenvalue weighted by Crippen LogP contribution is 2.34. The van der Waals surface area contributed by atoms with Crippen molar-refractivity contribution in [2.45, 2.75) is 36.7 Å². The van der Waals surface area contributed by atoms with Crippen LogP contribution in [0.4, 0.5) is 0 Å². The van der Waals surface area contributed by atoms with E-state index in [-0.39, 0.29) is 16.7 Å². The van der Waals surface area contributed by atoms with Gasteiger partial charge in [0.2, 0.25) is 0 Å². The molecule has 0 aliphatic heterocycles. The molecular formula is C37H36O8S2. The van der Waals surface area contributed by atoms with Crippen molar-refractivity contribution < 1.29 is 38.1 Å². The van der Waals surface area contributed by atoms with Crippen molar-refractivity contribution in [1.29, 1.82) is 0 Å². The molecule has 0 fully saturated rings. The van der Waals surface area contributed by atoms with Crippen LogP contribution >= 0.6 is 23.5 Å². The van der Waals surface area contributed by atoms with Crippen LogP contribution in [-0.2, 0) is 18.9 Å². The normalized spacial score (nSPS) is 12.7. The summed E-state index contributed by atoms with van der Waals surface area (Å²) in [6.07, 6.45) is -3.88. The topological polar surface area (TPSA) is 105 Å². The molecule has 4 aromatic rings. The second-order valence-corrected chi connectivity index (χ2v) is 13.2. The highest BCUT2D eigenvalue weighted by atomic mass is 32.2. The highest BCUT2D eigenvalue weighted by molar-refractivity contribution is 8.17. The van der Waals surface area contributed by atoms with Gasteiger partial charge in [-0.15, -0.1) is 23.5 Å². The number of ether oxygens (including phenoxy) is 4. The molecule has 0 aliphatic rings. The van der Waals surface area contributed by atoms with Crippen LogP contribution < -0.4 is 0 Å². The average molecular weight is 673 g/mol. The minimum absolute atomic E-state index is 0.236. The average Bonchev–Trinajstić information content (AvgIpc) is 3.12. The number of carbonyl (C=O) groups is 4. The third-order valence-corrected chi connectivity index (χ3v) is 9.46. The van der Waals surface area contributed by atoms with E-state index < -0.39 is 53.4 Å². The summed E-state index contributed by atoms with van der Waals surface area (Å²) in [4.78, 5) is 53.8. The maximum absolute atomic E-state index is 13.6. The molecule has 0 saturated heterocycles. The number of benzene rings is 4. The maximum Gasteiger partial charge on any atom is 0.338 e. The summed E-state index contributed by atoms with van der Waals surface area (Å²) in [6, 6.07) is 33.4. The van der Waals surface area contributed by atoms with E-state index in [4.69, 9.17) is 18.9 Å². The number of esters is 4. The summed E-state index contributed by atoms with van der Waals surface area (Å²) in [6.45, 7) is 3.44. The molecule has 0 heterocycles. The predicted molar refractivity (Wildman–Crippen MR) is 184 cm³/mol. The molecule has 0 aliphatic carbocycles. The quantitative estimate of drug-likeness (QED) is 0.0682. The van der Waals surface area contributed by atoms with Gasteiger partial charge in [-0.05, 0) is 60.0 Å². The van der Waals surface area contributed by atoms with Gasteiger partial charge in [0.15, 0.2) is 18.3 Å². The Labute approximate surface area is 283 Å². The molecule has 0 bridgehead atoms. The van der Waals surface area contributed by atoms with Gasteiger partial charge in [0.25, 0.3) is 0 Å². The van der Waals surface area contributed by atoms with Crippen molar-refractivity contribution >= 4 is 47.4 Å². The number of thioether (sulfide) groups is 2. The SMILES string of the molecule is CCSC(SCC)C(OC(=O)c1ccccc1)C(OC(=O)c1ccccc1)C(COC(=O)c1ccccc1)OC(=O)c1ccccc1. The van der Waals surface area contributed by atoms with Crippen LogP contribution in [0, 0.1) is 0 Å². The largest absolute Gasteiger partial charge is 0.458 e. The molecule has 47 heavy (non-hydrogen) atoms. The van der Waals surface area contributed by atoms with Gasteiger partial charge < -0.3 is 18.9 Å². The van der Waals surface area contributed by atoms with Crippen molar-refractivity contribution in [1.82, 2.24) is 0 Å². The number of carbonyl (C=O) groups excluding carboxylic acids is 4. The number of hydrogen-bond acceptors (Lipinski definition) is 10. The smallest absolute Gasteiger partial charge is 0.338 e. The van der Waals surface area contributed by atoms with Crippen molar-refractivity contribution in [2.75, 3.05) is 18.1 Å². The minimum Gasteiger partial charge on any atom is -0.458 e. The second kappa shape index (κ2) is 18.6. The molecule has 4 aromatic carbocycles. The Balaban J connectivity index is 1.79. The molecule has 0 spiro atoms. The first-order chi connectivity index (χ1) is 22.9. The maximum atomic E-state index is 13.6. The summed E-state index contributed by atoms with van der Waals surface area (Å²) in [5.41, 5.74) is 1.05. The number of hydrogen-bond donors (Lipinski definition) is 0. The van der Waals surface area contributed by atoms with E-state index in [1.54, 1.807) is 121 Å². The van der Waals surface area contributed by atoms with Gasteiger partial charge in [0.05, 0.1) is 26.8 Å². The Morgan fingerprint density at radius 2 is 0.830 bits per heavy atom. The molecule has 8 nitrogen and oxygen atoms in total. The Kier molecular flexibility index (Phi) is 14.0. The minimum atomic E-state index is -1.38. The Morgan fingerprint density at radius 3 is 1.21 bits per heavy atom. The van der Waals surface area contributed by atoms with Crippen LogP contribution in [-0.4, -0.2) is 64.9 Å². The molecule has 0 saturated carbocycles. The molecule has 3 atom stereocenters. The fraction of sp³-hybridized carbons (Fsp3) is 0.243. The fourth-order valence-electron chi connectivity index (χ4n) is 4.52. The van der Waals surface area contributed by atoms with E-state index in [1.165, 1.54) is 23.5 Å². The highest BCUT2D eigenvalue weighted by Gasteiger charge is 2.44. The van der Waals surface area contributed by atoms with E-state index in [9.17, 15) is 19.2 Å². The third-order valence-electron chi connectivity index (χ3n) is 6.78. The first-order valence-corrected chi connectivity index (χ1v) is 17.2. The molecule has 0 radical (unpaired) electrons. The second-order valence-electron chi connectivity index (χ2n) is 10.0. The van der Waals surface area contributed by atoms with Gasteiger partial charge in [-0.3, -0.25) is 0 Å². The van der Waals surface area contributed by atoms with Gasteiger partial charge in [0, 0.05) is 0 Å². The van der Waals surface area contributed by atoms with Crippen LogP contribution in [0.2, 0.25) is 0 Å². The lowest BCUT2D eigenvalue weighted by atomic mass is 10.1. The summed E-state index contributed by atoms with van der Waals surface area (Å²) in [7, 11) is 0. The molecule has 4 rings (SSSR count). The van der Waals surface area contributed by atoms with Crippen LogP contribution in [0.3, 0.4) is 0 Å². The van der Waals surface area contributed by atoms with Crippen LogP contribution in [0.25, 0.3) is 0 Å². The van der Waals surface area contributed by atoms with Crippen LogP contribution in [0.1, 0.15) is 55.3 Å². The van der Waals surface area contributed by atoms with Gasteiger partial charge in [-0.2, -0.15) is 0 Å². The summed E-state index contributed by atoms with van der Waals surface area (Å²) >= 11 is 3.00. The molecule has 244 valence electrons. The Morgan fingerprint density at radius 1 is 0.489 bits per heavy atom. The van der Waals surface area contributed by atoms with Crippen LogP contribution in [0.5, 0.6) is 0 Å². The summed E-state index contributed by atoms with van der Waals surface area (Å²) < 4.78 is 23.5. The van der Waals surface area contributed by atoms with Gasteiger partial charge in [-0.25, -0.2) is 19.2 Å². The van der Waals surface area contributed by atoms with Crippen molar-refractivity contribution in [3.05, 3.63) is 144 Å². The van der Waals surface area contributed by atoms with Gasteiger partial charge in [-0.1, -0.05) is 86.6 Å². The monoisotopic (exact) mass is 672 g/mol. The van der Waals surface area contributed by atoms with E-state index in [0.717, 1.165) is 0 Å². The van der Waals surface area contributed by atoms with Gasteiger partial charge in [0.1, 0.15) is 6.61 Å². The molecule has 0 aromatic heterocycles. The van der Waals surface area contributed by atoms with E-state index in [2.05, 4.69) is 0 Å². The zero-order valence-electron chi connectivity index (χ0n) is 26.1. The standard InChI is InChI=1S/C37H36O8S2/c1-3-46-37(47-4-2)32(45-36(41)29-23-15-8-16-24-29)31(44-35(40)28-21-13-7-14-22-28)30(43-34(39)27-19-11-6-12-20-27)25-42-33(38)26-17-9-5-10-18-26/h5-24,30-32,37H,3-4,25H2,1-2H3. The molecule has 3 unspecified atom stereocenters. The number of rotatable bonds is 16. The lowest BCUT2D eigenvalue weighted by molar-refractivity contribution is -0.0974. The van der Waals surface area contributed by atoms with Gasteiger partial charge >= 0.3 is 23.9 Å². The summed E-state index contributed by atoms with van der Waals surface area (Å²) in [5, 5.41) is 0. The lowest BCUT2D eigenvalue weighted by Crippen LogP contribution is -2.51. The molecule has 10 heteroatoms. The van der Waals surface area contributed by atoms with E-state index in [0.29, 0.717) is 17.1 Å². The van der Waals surface area contributed by atoms with E-state index >= 15 is 0 Å². The zero-order chi connectivity index (χ0) is 33.4. The Bertz CT molecular complexity index is 1560. The molecule has 0 amide bonds. The third kappa shape index (κ3) is 10.5. The lowest BCUT2D eigenvalue weighted by Gasteiger charge is -2.36. The van der Waals surface area contributed by atoms with Crippen molar-refractivity contribution in [3.8, 4) is 0 Å². The first kappa shape index (κ1) is 35.3. The summed E-state index contributed by atoms with van der Waals surface area (Å²) in [5.74, 6) is -1.48. The Hall–Kier alpha value is -4.54.